The Morgan fingerprint density at radius 1 is 0.862 bits per heavy atom. The second kappa shape index (κ2) is 13.6. The number of rotatable bonds is 7. The molecule has 160 valence electrons. The lowest BCUT2D eigenvalue weighted by Gasteiger charge is -2.20. The van der Waals surface area contributed by atoms with Crippen LogP contribution in [0.1, 0.15) is 42.4 Å². The molecule has 1 saturated heterocycles. The predicted molar refractivity (Wildman–Crippen MR) is 125 cm³/mol. The van der Waals surface area contributed by atoms with E-state index in [4.69, 9.17) is 5.73 Å². The Morgan fingerprint density at radius 2 is 1.45 bits per heavy atom. The van der Waals surface area contributed by atoms with Gasteiger partial charge in [0.2, 0.25) is 5.91 Å². The molecule has 2 aromatic carbocycles. The van der Waals surface area contributed by atoms with Crippen molar-refractivity contribution >= 4 is 30.7 Å². The van der Waals surface area contributed by atoms with Gasteiger partial charge in [0.15, 0.2) is 0 Å². The molecule has 2 aromatic rings. The summed E-state index contributed by atoms with van der Waals surface area (Å²) in [4.78, 5) is 14.8. The predicted octanol–water partition coefficient (Wildman–Crippen LogP) is 4.09. The first kappa shape index (κ1) is 25.4. The van der Waals surface area contributed by atoms with Crippen molar-refractivity contribution in [3.63, 3.8) is 0 Å². The van der Waals surface area contributed by atoms with Gasteiger partial charge in [0.25, 0.3) is 0 Å². The number of carbonyl (C=O) groups excluding carboxylic acids is 1. The van der Waals surface area contributed by atoms with Crippen molar-refractivity contribution in [2.45, 2.75) is 51.2 Å². The van der Waals surface area contributed by atoms with E-state index in [1.165, 1.54) is 44.3 Å². The smallest absolute Gasteiger partial charge is 0.237 e. The van der Waals surface area contributed by atoms with Gasteiger partial charge in [-0.25, -0.2) is 0 Å². The van der Waals surface area contributed by atoms with Crippen LogP contribution in [0.3, 0.4) is 0 Å². The first-order valence-corrected chi connectivity index (χ1v) is 10.1. The average Bonchev–Trinajstić information content (AvgIpc) is 2.96. The molecule has 1 amide bonds. The summed E-state index contributed by atoms with van der Waals surface area (Å²) in [5, 5.41) is 2.95. The molecule has 0 aromatic heterocycles. The maximum Gasteiger partial charge on any atom is 0.237 e. The van der Waals surface area contributed by atoms with Crippen molar-refractivity contribution in [1.29, 1.82) is 0 Å². The summed E-state index contributed by atoms with van der Waals surface area (Å²) in [7, 11) is 0. The SMILES string of the molecule is Cl.Cl.NC(Cc1ccccc1)C(=O)NCc1ccc(CN2CCCCCC2)cc1. The number of nitrogens with zero attached hydrogens (tertiary/aromatic N) is 1. The highest BCUT2D eigenvalue weighted by atomic mass is 35.5. The molecular weight excluding hydrogens is 405 g/mol. The molecule has 0 radical (unpaired) electrons. The van der Waals surface area contributed by atoms with Crippen LogP contribution in [0.15, 0.2) is 54.6 Å². The zero-order valence-electron chi connectivity index (χ0n) is 16.9. The van der Waals surface area contributed by atoms with Crippen LogP contribution in [0.5, 0.6) is 0 Å². The van der Waals surface area contributed by atoms with Gasteiger partial charge in [-0.3, -0.25) is 9.69 Å². The number of amides is 1. The van der Waals surface area contributed by atoms with Gasteiger partial charge in [-0.1, -0.05) is 67.4 Å². The third kappa shape index (κ3) is 8.75. The molecule has 3 N–H and O–H groups in total. The molecule has 1 aliphatic heterocycles. The van der Waals surface area contributed by atoms with Crippen LogP contribution in [0, 0.1) is 0 Å². The van der Waals surface area contributed by atoms with Crippen molar-refractivity contribution in [2.75, 3.05) is 13.1 Å². The van der Waals surface area contributed by atoms with E-state index in [9.17, 15) is 4.79 Å². The Bertz CT molecular complexity index is 702. The highest BCUT2D eigenvalue weighted by Gasteiger charge is 2.14. The van der Waals surface area contributed by atoms with Gasteiger partial charge in [0, 0.05) is 13.1 Å². The lowest BCUT2D eigenvalue weighted by atomic mass is 10.1. The minimum atomic E-state index is -0.519. The van der Waals surface area contributed by atoms with E-state index in [-0.39, 0.29) is 30.7 Å². The van der Waals surface area contributed by atoms with Gasteiger partial charge in [-0.15, -0.1) is 24.8 Å². The summed E-state index contributed by atoms with van der Waals surface area (Å²) < 4.78 is 0. The normalized spacial score (nSPS) is 15.3. The molecule has 3 rings (SSSR count). The Kier molecular flexibility index (Phi) is 11.9. The number of likely N-dealkylation sites (tertiary alicyclic amines) is 1. The van der Waals surface area contributed by atoms with Crippen LogP contribution in [0.2, 0.25) is 0 Å². The third-order valence-electron chi connectivity index (χ3n) is 5.23. The van der Waals surface area contributed by atoms with Gasteiger partial charge < -0.3 is 11.1 Å². The Hall–Kier alpha value is -1.59. The van der Waals surface area contributed by atoms with Crippen molar-refractivity contribution < 1.29 is 4.79 Å². The summed E-state index contributed by atoms with van der Waals surface area (Å²) in [5.41, 5.74) is 9.57. The van der Waals surface area contributed by atoms with E-state index >= 15 is 0 Å². The fourth-order valence-corrected chi connectivity index (χ4v) is 3.60. The second-order valence-electron chi connectivity index (χ2n) is 7.52. The van der Waals surface area contributed by atoms with E-state index in [0.29, 0.717) is 13.0 Å². The molecule has 0 saturated carbocycles. The lowest BCUT2D eigenvalue weighted by molar-refractivity contribution is -0.122. The first-order valence-electron chi connectivity index (χ1n) is 10.1. The van der Waals surface area contributed by atoms with Crippen LogP contribution in [0.25, 0.3) is 0 Å². The van der Waals surface area contributed by atoms with E-state index in [0.717, 1.165) is 17.7 Å². The minimum Gasteiger partial charge on any atom is -0.351 e. The number of halogens is 2. The topological polar surface area (TPSA) is 58.4 Å². The summed E-state index contributed by atoms with van der Waals surface area (Å²) in [5.74, 6) is -0.104. The van der Waals surface area contributed by atoms with Crippen molar-refractivity contribution in [3.05, 3.63) is 71.3 Å². The van der Waals surface area contributed by atoms with Crippen molar-refractivity contribution in [3.8, 4) is 0 Å². The number of nitrogens with two attached hydrogens (primary N) is 1. The number of hydrogen-bond donors (Lipinski definition) is 2. The maximum atomic E-state index is 12.2. The number of hydrogen-bond acceptors (Lipinski definition) is 3. The molecule has 29 heavy (non-hydrogen) atoms. The molecule has 6 heteroatoms. The van der Waals surface area contributed by atoms with Gasteiger partial charge >= 0.3 is 0 Å². The van der Waals surface area contributed by atoms with Crippen molar-refractivity contribution in [2.24, 2.45) is 5.73 Å². The van der Waals surface area contributed by atoms with Gasteiger partial charge in [-0.05, 0) is 49.0 Å². The fraction of sp³-hybridized carbons (Fsp3) is 0.435. The molecule has 1 fully saturated rings. The van der Waals surface area contributed by atoms with Gasteiger partial charge in [-0.2, -0.15) is 0 Å². The zero-order chi connectivity index (χ0) is 18.9. The molecule has 1 aliphatic rings. The van der Waals surface area contributed by atoms with Crippen LogP contribution in [0.4, 0.5) is 0 Å². The largest absolute Gasteiger partial charge is 0.351 e. The Balaban J connectivity index is 0.00000210. The Morgan fingerprint density at radius 3 is 2.07 bits per heavy atom. The van der Waals surface area contributed by atoms with E-state index in [1.807, 2.05) is 30.3 Å². The highest BCUT2D eigenvalue weighted by molar-refractivity contribution is 5.85. The summed E-state index contributed by atoms with van der Waals surface area (Å²) >= 11 is 0. The monoisotopic (exact) mass is 437 g/mol. The summed E-state index contributed by atoms with van der Waals surface area (Å²) in [6.45, 7) is 3.95. The molecule has 1 heterocycles. The van der Waals surface area contributed by atoms with E-state index in [1.54, 1.807) is 0 Å². The minimum absolute atomic E-state index is 0. The molecule has 4 nitrogen and oxygen atoms in total. The molecule has 0 spiro atoms. The molecule has 0 aliphatic carbocycles. The maximum absolute atomic E-state index is 12.2. The van der Waals surface area contributed by atoms with Gasteiger partial charge in [0.05, 0.1) is 6.04 Å². The standard InChI is InChI=1S/C23H31N3O.2ClH/c24-22(16-19-8-4-3-5-9-19)23(27)25-17-20-10-12-21(13-11-20)18-26-14-6-1-2-7-15-26;;/h3-5,8-13,22H,1-2,6-7,14-18,24H2,(H,25,27);2*1H. The van der Waals surface area contributed by atoms with Crippen LogP contribution in [-0.4, -0.2) is 29.9 Å². The molecular formula is C23H33Cl2N3O. The lowest BCUT2D eigenvalue weighted by Crippen LogP contribution is -2.41. The molecule has 0 bridgehead atoms. The third-order valence-corrected chi connectivity index (χ3v) is 5.23. The Labute approximate surface area is 187 Å². The average molecular weight is 438 g/mol. The quantitative estimate of drug-likeness (QED) is 0.685. The van der Waals surface area contributed by atoms with Crippen LogP contribution < -0.4 is 11.1 Å². The molecule has 1 atom stereocenters. The zero-order valence-corrected chi connectivity index (χ0v) is 18.5. The fourth-order valence-electron chi connectivity index (χ4n) is 3.60. The van der Waals surface area contributed by atoms with Gasteiger partial charge in [0.1, 0.15) is 0 Å². The second-order valence-corrected chi connectivity index (χ2v) is 7.52. The van der Waals surface area contributed by atoms with E-state index < -0.39 is 6.04 Å². The van der Waals surface area contributed by atoms with Crippen LogP contribution in [-0.2, 0) is 24.3 Å². The van der Waals surface area contributed by atoms with E-state index in [2.05, 4.69) is 34.5 Å². The number of benzene rings is 2. The summed E-state index contributed by atoms with van der Waals surface area (Å²) in [6, 6.07) is 17.9. The number of carbonyl (C=O) groups is 1. The van der Waals surface area contributed by atoms with Crippen molar-refractivity contribution in [1.82, 2.24) is 10.2 Å². The summed E-state index contributed by atoms with van der Waals surface area (Å²) in [6.07, 6.45) is 5.91. The first-order chi connectivity index (χ1) is 13.2. The number of nitrogens with one attached hydrogen (secondary N) is 1. The highest BCUT2D eigenvalue weighted by Crippen LogP contribution is 2.14. The molecule has 1 unspecified atom stereocenters. The van der Waals surface area contributed by atoms with Crippen LogP contribution >= 0.6 is 24.8 Å².